The normalized spacial score (nSPS) is 19.1. The van der Waals surface area contributed by atoms with Crippen LogP contribution >= 0.6 is 0 Å². The van der Waals surface area contributed by atoms with E-state index in [4.69, 9.17) is 10.0 Å². The first-order valence-electron chi connectivity index (χ1n) is 5.19. The van der Waals surface area contributed by atoms with E-state index in [-0.39, 0.29) is 17.2 Å². The SMILES string of the molecule is O=S1(=O)CCCCN1c1ncc(B(O)O)cn1. The van der Waals surface area contributed by atoms with Crippen LogP contribution in [0.2, 0.25) is 0 Å². The molecule has 2 rings (SSSR count). The molecule has 0 atom stereocenters. The first-order chi connectivity index (χ1) is 8.00. The van der Waals surface area contributed by atoms with E-state index >= 15 is 0 Å². The smallest absolute Gasteiger partial charge is 0.423 e. The zero-order chi connectivity index (χ0) is 12.5. The fraction of sp³-hybridized carbons (Fsp3) is 0.500. The molecule has 1 aromatic rings. The van der Waals surface area contributed by atoms with Crippen LogP contribution < -0.4 is 9.77 Å². The molecule has 2 N–H and O–H groups in total. The van der Waals surface area contributed by atoms with E-state index in [2.05, 4.69) is 9.97 Å². The second-order valence-corrected chi connectivity index (χ2v) is 5.80. The molecule has 0 unspecified atom stereocenters. The molecule has 0 bridgehead atoms. The molecule has 1 saturated heterocycles. The van der Waals surface area contributed by atoms with Crippen molar-refractivity contribution >= 4 is 28.6 Å². The molecule has 0 amide bonds. The van der Waals surface area contributed by atoms with Crippen molar-refractivity contribution in [2.45, 2.75) is 12.8 Å². The molecule has 1 aliphatic heterocycles. The molecule has 0 aromatic carbocycles. The summed E-state index contributed by atoms with van der Waals surface area (Å²) in [5.41, 5.74) is 0.128. The maximum atomic E-state index is 11.7. The van der Waals surface area contributed by atoms with Crippen LogP contribution in [-0.4, -0.2) is 47.8 Å². The van der Waals surface area contributed by atoms with E-state index in [9.17, 15) is 8.42 Å². The fourth-order valence-corrected chi connectivity index (χ4v) is 3.15. The summed E-state index contributed by atoms with van der Waals surface area (Å²) in [4.78, 5) is 7.67. The Balaban J connectivity index is 2.27. The van der Waals surface area contributed by atoms with Crippen LogP contribution in [-0.2, 0) is 10.0 Å². The Bertz CT molecular complexity index is 490. The molecule has 0 saturated carbocycles. The minimum absolute atomic E-state index is 0.0779. The Labute approximate surface area is 99.3 Å². The number of aromatic nitrogens is 2. The summed E-state index contributed by atoms with van der Waals surface area (Å²) >= 11 is 0. The van der Waals surface area contributed by atoms with E-state index in [0.717, 1.165) is 10.7 Å². The van der Waals surface area contributed by atoms with Gasteiger partial charge in [-0.15, -0.1) is 0 Å². The Kier molecular flexibility index (Phi) is 3.32. The van der Waals surface area contributed by atoms with Crippen molar-refractivity contribution in [1.29, 1.82) is 0 Å². The monoisotopic (exact) mass is 257 g/mol. The van der Waals surface area contributed by atoms with Crippen LogP contribution in [0.15, 0.2) is 12.4 Å². The molecule has 92 valence electrons. The first-order valence-corrected chi connectivity index (χ1v) is 6.80. The van der Waals surface area contributed by atoms with Crippen LogP contribution in [0.1, 0.15) is 12.8 Å². The van der Waals surface area contributed by atoms with Crippen LogP contribution in [0.5, 0.6) is 0 Å². The zero-order valence-corrected chi connectivity index (χ0v) is 9.84. The predicted molar refractivity (Wildman–Crippen MR) is 62.2 cm³/mol. The average molecular weight is 257 g/mol. The minimum Gasteiger partial charge on any atom is -0.423 e. The standard InChI is InChI=1S/C8H12BN3O4S/c13-9(14)7-5-10-8(11-6-7)12-3-1-2-4-17(12,15)16/h5-6,13-14H,1-4H2. The number of hydrogen-bond acceptors (Lipinski definition) is 6. The van der Waals surface area contributed by atoms with Gasteiger partial charge in [0.1, 0.15) is 0 Å². The highest BCUT2D eigenvalue weighted by atomic mass is 32.2. The number of rotatable bonds is 2. The highest BCUT2D eigenvalue weighted by Crippen LogP contribution is 2.18. The maximum Gasteiger partial charge on any atom is 0.491 e. The summed E-state index contributed by atoms with van der Waals surface area (Å²) in [6.07, 6.45) is 3.83. The molecular weight excluding hydrogens is 245 g/mol. The maximum absolute atomic E-state index is 11.7. The molecule has 1 fully saturated rings. The summed E-state index contributed by atoms with van der Waals surface area (Å²) in [6.45, 7) is 0.364. The number of nitrogens with zero attached hydrogens (tertiary/aromatic N) is 3. The van der Waals surface area contributed by atoms with Crippen LogP contribution in [0, 0.1) is 0 Å². The largest absolute Gasteiger partial charge is 0.491 e. The second kappa shape index (κ2) is 4.59. The lowest BCUT2D eigenvalue weighted by atomic mass is 9.83. The first kappa shape index (κ1) is 12.3. The van der Waals surface area contributed by atoms with Gasteiger partial charge in [-0.3, -0.25) is 0 Å². The van der Waals surface area contributed by atoms with Crippen molar-refractivity contribution in [2.75, 3.05) is 16.6 Å². The summed E-state index contributed by atoms with van der Waals surface area (Å²) < 4.78 is 24.7. The van der Waals surface area contributed by atoms with E-state index < -0.39 is 17.1 Å². The summed E-state index contributed by atoms with van der Waals surface area (Å²) in [7, 11) is -4.98. The highest BCUT2D eigenvalue weighted by Gasteiger charge is 2.28. The molecule has 17 heavy (non-hydrogen) atoms. The zero-order valence-electron chi connectivity index (χ0n) is 9.02. The fourth-order valence-electron chi connectivity index (χ4n) is 1.61. The van der Waals surface area contributed by atoms with Gasteiger partial charge in [-0.2, -0.15) is 0 Å². The van der Waals surface area contributed by atoms with Crippen molar-refractivity contribution < 1.29 is 18.5 Å². The molecule has 2 heterocycles. The Morgan fingerprint density at radius 3 is 2.41 bits per heavy atom. The van der Waals surface area contributed by atoms with Crippen molar-refractivity contribution in [3.8, 4) is 0 Å². The van der Waals surface area contributed by atoms with Gasteiger partial charge in [0.25, 0.3) is 0 Å². The van der Waals surface area contributed by atoms with E-state index in [0.29, 0.717) is 13.0 Å². The van der Waals surface area contributed by atoms with E-state index in [1.807, 2.05) is 0 Å². The Morgan fingerprint density at radius 1 is 1.24 bits per heavy atom. The molecule has 0 radical (unpaired) electrons. The summed E-state index contributed by atoms with van der Waals surface area (Å²) in [5.74, 6) is 0.176. The van der Waals surface area contributed by atoms with Crippen LogP contribution in [0.3, 0.4) is 0 Å². The summed E-state index contributed by atoms with van der Waals surface area (Å²) in [6, 6.07) is 0. The van der Waals surface area contributed by atoms with Crippen molar-refractivity contribution in [2.24, 2.45) is 0 Å². The molecule has 1 aliphatic rings. The van der Waals surface area contributed by atoms with Gasteiger partial charge in [-0.25, -0.2) is 22.7 Å². The van der Waals surface area contributed by atoms with Gasteiger partial charge in [-0.1, -0.05) is 0 Å². The molecule has 9 heteroatoms. The average Bonchev–Trinajstić information content (AvgIpc) is 2.28. The third-order valence-electron chi connectivity index (χ3n) is 2.53. The molecule has 0 aliphatic carbocycles. The number of hydrogen-bond donors (Lipinski definition) is 2. The third-order valence-corrected chi connectivity index (χ3v) is 4.35. The van der Waals surface area contributed by atoms with Gasteiger partial charge in [0.15, 0.2) is 0 Å². The predicted octanol–water partition coefficient (Wildman–Crippen LogP) is -1.91. The lowest BCUT2D eigenvalue weighted by molar-refractivity contribution is 0.425. The van der Waals surface area contributed by atoms with E-state index in [1.54, 1.807) is 0 Å². The van der Waals surface area contributed by atoms with Crippen molar-refractivity contribution in [3.05, 3.63) is 12.4 Å². The van der Waals surface area contributed by atoms with Gasteiger partial charge >= 0.3 is 7.12 Å². The minimum atomic E-state index is -3.33. The van der Waals surface area contributed by atoms with E-state index in [1.165, 1.54) is 12.4 Å². The molecule has 1 aromatic heterocycles. The van der Waals surface area contributed by atoms with Gasteiger partial charge in [0.2, 0.25) is 16.0 Å². The number of anilines is 1. The van der Waals surface area contributed by atoms with Crippen molar-refractivity contribution in [1.82, 2.24) is 9.97 Å². The van der Waals surface area contributed by atoms with Gasteiger partial charge in [0.05, 0.1) is 5.75 Å². The Morgan fingerprint density at radius 2 is 1.88 bits per heavy atom. The molecule has 7 nitrogen and oxygen atoms in total. The summed E-state index contributed by atoms with van der Waals surface area (Å²) in [5, 5.41) is 17.7. The lowest BCUT2D eigenvalue weighted by Crippen LogP contribution is -2.40. The second-order valence-electron chi connectivity index (χ2n) is 3.79. The van der Waals surface area contributed by atoms with Gasteiger partial charge in [0, 0.05) is 24.4 Å². The third kappa shape index (κ3) is 2.56. The molecular formula is C8H12BN3O4S. The van der Waals surface area contributed by atoms with Crippen LogP contribution in [0.4, 0.5) is 5.95 Å². The number of sulfonamides is 1. The highest BCUT2D eigenvalue weighted by molar-refractivity contribution is 7.92. The van der Waals surface area contributed by atoms with Crippen molar-refractivity contribution in [3.63, 3.8) is 0 Å². The van der Waals surface area contributed by atoms with Gasteiger partial charge in [-0.05, 0) is 12.8 Å². The Hall–Kier alpha value is -1.19. The lowest BCUT2D eigenvalue weighted by Gasteiger charge is -2.26. The quantitative estimate of drug-likeness (QED) is 0.599. The van der Waals surface area contributed by atoms with Crippen LogP contribution in [0.25, 0.3) is 0 Å². The van der Waals surface area contributed by atoms with Gasteiger partial charge < -0.3 is 10.0 Å². The molecule has 0 spiro atoms. The topological polar surface area (TPSA) is 104 Å².